The maximum atomic E-state index is 5.02. The number of nitrogens with zero attached hydrogens (tertiary/aromatic N) is 6. The molecule has 0 N–H and O–H groups in total. The van der Waals surface area contributed by atoms with Gasteiger partial charge in [0.05, 0.1) is 57.6 Å². The minimum atomic E-state index is 0.286. The summed E-state index contributed by atoms with van der Waals surface area (Å²) in [5.74, 6) is 0. The molecule has 0 bridgehead atoms. The summed E-state index contributed by atoms with van der Waals surface area (Å²) < 4.78 is 0. The number of fused-ring (bicyclic) bond motifs is 6. The molecule has 6 nitrogen and oxygen atoms in total. The highest BCUT2D eigenvalue weighted by Crippen LogP contribution is 2.53. The van der Waals surface area contributed by atoms with Crippen molar-refractivity contribution >= 4 is 67.0 Å². The van der Waals surface area contributed by atoms with E-state index in [-0.39, 0.29) is 6.04 Å². The van der Waals surface area contributed by atoms with Crippen LogP contribution in [0.2, 0.25) is 0 Å². The molecule has 2 atom stereocenters. The van der Waals surface area contributed by atoms with Crippen molar-refractivity contribution in [2.24, 2.45) is 0 Å². The van der Waals surface area contributed by atoms with Crippen LogP contribution in [0.25, 0.3) is 44.1 Å². The molecule has 270 valence electrons. The number of benzene rings is 6. The predicted molar refractivity (Wildman–Crippen MR) is 234 cm³/mol. The summed E-state index contributed by atoms with van der Waals surface area (Å²) in [6.07, 6.45) is 10.7. The first kappa shape index (κ1) is 32.5. The quantitative estimate of drug-likeness (QED) is 0.133. The van der Waals surface area contributed by atoms with Gasteiger partial charge < -0.3 is 19.6 Å². The van der Waals surface area contributed by atoms with E-state index in [0.717, 1.165) is 85.3 Å². The average Bonchev–Trinajstić information content (AvgIpc) is 3.26. The Labute approximate surface area is 327 Å². The second-order valence-electron chi connectivity index (χ2n) is 15.0. The molecule has 3 aliphatic rings. The predicted octanol–water partition coefficient (Wildman–Crippen LogP) is 12.3. The Bertz CT molecular complexity index is 2790. The van der Waals surface area contributed by atoms with E-state index in [9.17, 15) is 0 Å². The lowest BCUT2D eigenvalue weighted by Gasteiger charge is -2.49. The minimum absolute atomic E-state index is 0.286. The van der Waals surface area contributed by atoms with Gasteiger partial charge >= 0.3 is 0 Å². The molecule has 0 spiro atoms. The Kier molecular flexibility index (Phi) is 7.46. The molecule has 11 rings (SSSR count). The molecule has 0 fully saturated rings. The van der Waals surface area contributed by atoms with Crippen molar-refractivity contribution in [1.29, 1.82) is 0 Å². The van der Waals surface area contributed by atoms with Gasteiger partial charge in [0.2, 0.25) is 0 Å². The van der Waals surface area contributed by atoms with Crippen molar-refractivity contribution in [3.05, 3.63) is 170 Å². The number of hydrogen-bond donors (Lipinski definition) is 0. The minimum Gasteiger partial charge on any atom is -0.364 e. The van der Waals surface area contributed by atoms with Gasteiger partial charge in [-0.2, -0.15) is 0 Å². The van der Waals surface area contributed by atoms with E-state index in [4.69, 9.17) is 9.97 Å². The molecule has 0 saturated carbocycles. The van der Waals surface area contributed by atoms with Crippen LogP contribution in [0, 0.1) is 0 Å². The van der Waals surface area contributed by atoms with Crippen LogP contribution in [-0.2, 0) is 0 Å². The zero-order valence-electron chi connectivity index (χ0n) is 31.4. The number of anilines is 8. The Hall–Kier alpha value is -6.92. The number of para-hydroxylation sites is 6. The standard InChI is InChI=1S/C50H40N6/c1-53-41-17-3-7-21-45(41)55(46-22-8-4-18-42(46)53)33-25-27-35-37(31-33)49(39-15-11-13-29-51-39)36-28-26-34(32-38(36)50(35)40-16-12-14-30-52-40)56-47-23-9-5-19-43(47)54(2)44-20-6-10-24-48(44)56/h3-9,11-23,25-32,44,48H,10,24H2,1-2H3. The SMILES string of the molecule is CN1c2ccccc2N(c2ccc3c(-c4ccccn4)c4cc(N5c6ccccc6N(C)C6C=CCCC65)ccc4c(-c4ccccn4)c3c2)c2ccccc21. The van der Waals surface area contributed by atoms with Crippen LogP contribution in [-0.4, -0.2) is 36.1 Å². The zero-order chi connectivity index (χ0) is 37.3. The van der Waals surface area contributed by atoms with Crippen molar-refractivity contribution in [1.82, 2.24) is 9.97 Å². The molecule has 2 aliphatic heterocycles. The summed E-state index contributed by atoms with van der Waals surface area (Å²) in [5, 5.41) is 4.60. The summed E-state index contributed by atoms with van der Waals surface area (Å²) >= 11 is 0. The van der Waals surface area contributed by atoms with Gasteiger partial charge in [-0.25, -0.2) is 0 Å². The van der Waals surface area contributed by atoms with Gasteiger partial charge in [-0.15, -0.1) is 0 Å². The molecule has 1 aliphatic carbocycles. The first-order chi connectivity index (χ1) is 27.7. The number of hydrogen-bond acceptors (Lipinski definition) is 6. The van der Waals surface area contributed by atoms with Crippen molar-refractivity contribution in [3.8, 4) is 22.5 Å². The van der Waals surface area contributed by atoms with E-state index in [0.29, 0.717) is 6.04 Å². The number of likely N-dealkylation sites (N-methyl/N-ethyl adjacent to an activating group) is 1. The maximum absolute atomic E-state index is 5.02. The fourth-order valence-electron chi connectivity index (χ4n) is 9.58. The summed E-state index contributed by atoms with van der Waals surface area (Å²) in [6.45, 7) is 0. The van der Waals surface area contributed by atoms with Crippen molar-refractivity contribution < 1.29 is 0 Å². The van der Waals surface area contributed by atoms with Crippen LogP contribution >= 0.6 is 0 Å². The highest BCUT2D eigenvalue weighted by molar-refractivity contribution is 6.22. The van der Waals surface area contributed by atoms with Gasteiger partial charge in [0, 0.05) is 49.0 Å². The van der Waals surface area contributed by atoms with E-state index in [2.05, 4.69) is 179 Å². The molecule has 56 heavy (non-hydrogen) atoms. The largest absolute Gasteiger partial charge is 0.364 e. The fraction of sp³-hybridized carbons (Fsp3) is 0.120. The van der Waals surface area contributed by atoms with Crippen LogP contribution in [0.4, 0.5) is 45.5 Å². The van der Waals surface area contributed by atoms with Crippen LogP contribution < -0.4 is 19.6 Å². The average molecular weight is 725 g/mol. The fourth-order valence-corrected chi connectivity index (χ4v) is 9.58. The van der Waals surface area contributed by atoms with Gasteiger partial charge in [0.25, 0.3) is 0 Å². The van der Waals surface area contributed by atoms with Crippen LogP contribution in [0.3, 0.4) is 0 Å². The smallest absolute Gasteiger partial charge is 0.0714 e. The highest BCUT2D eigenvalue weighted by atomic mass is 15.3. The van der Waals surface area contributed by atoms with Gasteiger partial charge in [-0.1, -0.05) is 72.8 Å². The first-order valence-corrected chi connectivity index (χ1v) is 19.5. The summed E-state index contributed by atoms with van der Waals surface area (Å²) in [5.41, 5.74) is 13.5. The molecule has 2 aromatic heterocycles. The third kappa shape index (κ3) is 4.88. The van der Waals surface area contributed by atoms with Gasteiger partial charge in [-0.05, 0) is 119 Å². The van der Waals surface area contributed by atoms with E-state index >= 15 is 0 Å². The van der Waals surface area contributed by atoms with Crippen LogP contribution in [0.5, 0.6) is 0 Å². The summed E-state index contributed by atoms with van der Waals surface area (Å²) in [7, 11) is 4.39. The molecule has 0 radical (unpaired) electrons. The Morgan fingerprint density at radius 1 is 0.500 bits per heavy atom. The Morgan fingerprint density at radius 2 is 1.02 bits per heavy atom. The van der Waals surface area contributed by atoms with E-state index in [1.54, 1.807) is 0 Å². The first-order valence-electron chi connectivity index (χ1n) is 19.5. The maximum Gasteiger partial charge on any atom is 0.0714 e. The molecule has 4 heterocycles. The van der Waals surface area contributed by atoms with Crippen molar-refractivity contribution in [2.75, 3.05) is 33.7 Å². The second-order valence-corrected chi connectivity index (χ2v) is 15.0. The van der Waals surface area contributed by atoms with Gasteiger partial charge in [0.15, 0.2) is 0 Å². The van der Waals surface area contributed by atoms with Crippen LogP contribution in [0.15, 0.2) is 170 Å². The summed E-state index contributed by atoms with van der Waals surface area (Å²) in [4.78, 5) is 19.8. The number of allylic oxidation sites excluding steroid dienone is 1. The molecular weight excluding hydrogens is 685 g/mol. The second kappa shape index (κ2) is 12.8. The zero-order valence-corrected chi connectivity index (χ0v) is 31.4. The van der Waals surface area contributed by atoms with E-state index < -0.39 is 0 Å². The molecule has 8 aromatic rings. The third-order valence-corrected chi connectivity index (χ3v) is 12.1. The Morgan fingerprint density at radius 3 is 1.61 bits per heavy atom. The van der Waals surface area contributed by atoms with E-state index in [1.807, 2.05) is 24.5 Å². The third-order valence-electron chi connectivity index (χ3n) is 12.1. The lowest BCUT2D eigenvalue weighted by molar-refractivity contribution is 0.498. The monoisotopic (exact) mass is 724 g/mol. The molecule has 6 heteroatoms. The molecule has 0 amide bonds. The topological polar surface area (TPSA) is 38.7 Å². The van der Waals surface area contributed by atoms with Gasteiger partial charge in [0.1, 0.15) is 0 Å². The molecule has 6 aromatic carbocycles. The van der Waals surface area contributed by atoms with Crippen LogP contribution in [0.1, 0.15) is 12.8 Å². The highest BCUT2D eigenvalue weighted by Gasteiger charge is 2.38. The molecule has 0 saturated heterocycles. The number of aromatic nitrogens is 2. The summed E-state index contributed by atoms with van der Waals surface area (Å²) in [6, 6.07) is 53.3. The van der Waals surface area contributed by atoms with Crippen molar-refractivity contribution in [3.63, 3.8) is 0 Å². The Balaban J connectivity index is 1.21. The number of rotatable bonds is 4. The normalized spacial score (nSPS) is 17.1. The molecular formula is C50H40N6. The van der Waals surface area contributed by atoms with Gasteiger partial charge in [-0.3, -0.25) is 9.97 Å². The lowest BCUT2D eigenvalue weighted by atomic mass is 9.86. The molecule has 2 unspecified atom stereocenters. The van der Waals surface area contributed by atoms with E-state index in [1.165, 1.54) is 17.1 Å². The number of pyridine rings is 2. The lowest BCUT2D eigenvalue weighted by Crippen LogP contribution is -2.53. The van der Waals surface area contributed by atoms with Crippen molar-refractivity contribution in [2.45, 2.75) is 24.9 Å².